The van der Waals surface area contributed by atoms with Crippen LogP contribution >= 0.6 is 0 Å². The van der Waals surface area contributed by atoms with Gasteiger partial charge in [-0.25, -0.2) is 0 Å². The second kappa shape index (κ2) is 10.4. The van der Waals surface area contributed by atoms with Gasteiger partial charge < -0.3 is 0 Å². The second-order valence-corrected chi connectivity index (χ2v) is 15.0. The number of rotatable bonds is 1. The van der Waals surface area contributed by atoms with Crippen LogP contribution < -0.4 is 3.58 Å². The molecular weight excluding hydrogens is 479 g/mol. The molecule has 0 amide bonds. The molecule has 0 atom stereocenters. The van der Waals surface area contributed by atoms with Crippen LogP contribution in [-0.4, -0.2) is 18.4 Å². The van der Waals surface area contributed by atoms with Crippen LogP contribution in [0.4, 0.5) is 0 Å². The Labute approximate surface area is 188 Å². The molecule has 4 rings (SSSR count). The molecule has 4 aromatic rings. The fourth-order valence-corrected chi connectivity index (χ4v) is 9.65. The topological polar surface area (TPSA) is 0 Å². The van der Waals surface area contributed by atoms with E-state index in [0.29, 0.717) is 0 Å². The molecule has 0 aliphatic heterocycles. The SMILES string of the molecule is C(#[C][Sn]([C]#Cc1ccccc1)([C]#Cc1ccccc1)[c]1ccccc1)c1ccccc1. The van der Waals surface area contributed by atoms with E-state index >= 15 is 0 Å². The Morgan fingerprint density at radius 2 is 0.645 bits per heavy atom. The minimum atomic E-state index is -3.76. The summed E-state index contributed by atoms with van der Waals surface area (Å²) < 4.78 is 12.0. The molecule has 0 aliphatic rings. The van der Waals surface area contributed by atoms with Gasteiger partial charge in [0, 0.05) is 0 Å². The van der Waals surface area contributed by atoms with Crippen molar-refractivity contribution >= 4 is 22.0 Å². The average Bonchev–Trinajstić information content (AvgIpc) is 2.86. The van der Waals surface area contributed by atoms with Gasteiger partial charge in [-0.2, -0.15) is 0 Å². The van der Waals surface area contributed by atoms with E-state index in [4.69, 9.17) is 0 Å². The fourth-order valence-electron chi connectivity index (χ4n) is 3.06. The van der Waals surface area contributed by atoms with Gasteiger partial charge in [-0.05, 0) is 0 Å². The molecule has 0 saturated heterocycles. The third-order valence-corrected chi connectivity index (χ3v) is 12.4. The number of hydrogen-bond acceptors (Lipinski definition) is 0. The summed E-state index contributed by atoms with van der Waals surface area (Å²) in [6.45, 7) is 0. The Morgan fingerprint density at radius 3 is 0.968 bits per heavy atom. The first-order valence-corrected chi connectivity index (χ1v) is 15.9. The monoisotopic (exact) mass is 500 g/mol. The summed E-state index contributed by atoms with van der Waals surface area (Å²) in [5.74, 6) is 10.2. The van der Waals surface area contributed by atoms with E-state index in [1.807, 2.05) is 97.1 Å². The molecule has 1 heteroatoms. The molecule has 4 aromatic carbocycles. The van der Waals surface area contributed by atoms with Gasteiger partial charge in [-0.3, -0.25) is 0 Å². The van der Waals surface area contributed by atoms with Crippen LogP contribution in [0.5, 0.6) is 0 Å². The van der Waals surface area contributed by atoms with E-state index in [9.17, 15) is 0 Å². The van der Waals surface area contributed by atoms with E-state index in [1.165, 1.54) is 3.58 Å². The van der Waals surface area contributed by atoms with Gasteiger partial charge in [0.15, 0.2) is 0 Å². The quantitative estimate of drug-likeness (QED) is 0.252. The molecule has 0 radical (unpaired) electrons. The third kappa shape index (κ3) is 5.70. The van der Waals surface area contributed by atoms with Crippen LogP contribution in [0.2, 0.25) is 0 Å². The molecule has 0 aliphatic carbocycles. The first kappa shape index (κ1) is 20.6. The second-order valence-electron chi connectivity index (χ2n) is 6.96. The third-order valence-electron chi connectivity index (χ3n) is 4.71. The van der Waals surface area contributed by atoms with Crippen LogP contribution in [0, 0.1) is 29.6 Å². The van der Waals surface area contributed by atoms with E-state index in [2.05, 4.69) is 53.8 Å². The van der Waals surface area contributed by atoms with Gasteiger partial charge in [0.1, 0.15) is 0 Å². The summed E-state index contributed by atoms with van der Waals surface area (Å²) in [6.07, 6.45) is 0. The normalized spacial score (nSPS) is 9.81. The van der Waals surface area contributed by atoms with Gasteiger partial charge in [0.2, 0.25) is 0 Å². The molecule has 0 aromatic heterocycles. The van der Waals surface area contributed by atoms with Crippen LogP contribution in [0.15, 0.2) is 121 Å². The van der Waals surface area contributed by atoms with Crippen molar-refractivity contribution in [1.82, 2.24) is 0 Å². The number of hydrogen-bond donors (Lipinski definition) is 0. The Kier molecular flexibility index (Phi) is 6.92. The molecule has 144 valence electrons. The van der Waals surface area contributed by atoms with Crippen molar-refractivity contribution in [3.63, 3.8) is 0 Å². The molecule has 0 unspecified atom stereocenters. The zero-order valence-corrected chi connectivity index (χ0v) is 19.9. The van der Waals surface area contributed by atoms with Gasteiger partial charge in [0.25, 0.3) is 0 Å². The molecule has 0 nitrogen and oxygen atoms in total. The van der Waals surface area contributed by atoms with Crippen LogP contribution in [0.25, 0.3) is 0 Å². The summed E-state index contributed by atoms with van der Waals surface area (Å²) in [7, 11) is 0. The molecule has 0 heterocycles. The van der Waals surface area contributed by atoms with Gasteiger partial charge in [0.05, 0.1) is 0 Å². The van der Waals surface area contributed by atoms with E-state index in [1.54, 1.807) is 0 Å². The zero-order valence-electron chi connectivity index (χ0n) is 17.0. The predicted molar refractivity (Wildman–Crippen MR) is 132 cm³/mol. The Balaban J connectivity index is 1.91. The first-order chi connectivity index (χ1) is 15.3. The van der Waals surface area contributed by atoms with Gasteiger partial charge in [-0.1, -0.05) is 0 Å². The standard InChI is InChI=1S/3C8H5.C6H5.Sn/c3*1-2-8-6-4-3-5-7-8;1-2-4-6-5-3-1;/h3*3-7H;1-5H;. The maximum atomic E-state index is 3.62. The summed E-state index contributed by atoms with van der Waals surface area (Å²) in [5.41, 5.74) is 2.97. The van der Waals surface area contributed by atoms with Gasteiger partial charge in [-0.15, -0.1) is 0 Å². The van der Waals surface area contributed by atoms with Crippen molar-refractivity contribution in [2.75, 3.05) is 0 Å². The van der Waals surface area contributed by atoms with Gasteiger partial charge >= 0.3 is 190 Å². The number of benzene rings is 4. The molecule has 0 bridgehead atoms. The van der Waals surface area contributed by atoms with Crippen molar-refractivity contribution in [1.29, 1.82) is 0 Å². The summed E-state index contributed by atoms with van der Waals surface area (Å²) >= 11 is -3.76. The van der Waals surface area contributed by atoms with E-state index in [0.717, 1.165) is 16.7 Å². The molecular formula is C30H20Sn. The predicted octanol–water partition coefficient (Wildman–Crippen LogP) is 5.12. The van der Waals surface area contributed by atoms with Crippen molar-refractivity contribution in [3.05, 3.63) is 138 Å². The Morgan fingerprint density at radius 1 is 0.355 bits per heavy atom. The summed E-state index contributed by atoms with van der Waals surface area (Å²) in [4.78, 5) is 0. The molecule has 0 spiro atoms. The van der Waals surface area contributed by atoms with Crippen molar-refractivity contribution in [2.24, 2.45) is 0 Å². The molecule has 0 fully saturated rings. The summed E-state index contributed by atoms with van der Waals surface area (Å²) in [6, 6.07) is 40.7. The van der Waals surface area contributed by atoms with Crippen molar-refractivity contribution in [3.8, 4) is 29.6 Å². The van der Waals surface area contributed by atoms with Crippen LogP contribution in [0.1, 0.15) is 16.7 Å². The zero-order chi connectivity index (χ0) is 21.2. The first-order valence-electron chi connectivity index (χ1n) is 10.1. The minimum absolute atomic E-state index is 0.988. The van der Waals surface area contributed by atoms with Crippen molar-refractivity contribution < 1.29 is 0 Å². The maximum absolute atomic E-state index is 3.76. The molecule has 0 saturated carbocycles. The van der Waals surface area contributed by atoms with Crippen molar-refractivity contribution in [2.45, 2.75) is 0 Å². The van der Waals surface area contributed by atoms with Crippen LogP contribution in [0.3, 0.4) is 0 Å². The molecule has 0 N–H and O–H groups in total. The Hall–Kier alpha value is -3.64. The fraction of sp³-hybridized carbons (Fsp3) is 0. The molecule has 31 heavy (non-hydrogen) atoms. The Bertz CT molecular complexity index is 1170. The van der Waals surface area contributed by atoms with E-state index in [-0.39, 0.29) is 0 Å². The average molecular weight is 499 g/mol. The van der Waals surface area contributed by atoms with Crippen LogP contribution in [-0.2, 0) is 0 Å². The summed E-state index contributed by atoms with van der Waals surface area (Å²) in [5, 5.41) is 0. The van der Waals surface area contributed by atoms with E-state index < -0.39 is 18.4 Å².